The minimum atomic E-state index is 0.180. The highest BCUT2D eigenvalue weighted by molar-refractivity contribution is 5.19. The fraction of sp³-hybridized carbons (Fsp3) is 0.647. The van der Waals surface area contributed by atoms with Gasteiger partial charge in [0.05, 0.1) is 6.10 Å². The van der Waals surface area contributed by atoms with Gasteiger partial charge in [-0.05, 0) is 38.3 Å². The van der Waals surface area contributed by atoms with Crippen LogP contribution in [0.1, 0.15) is 50.7 Å². The average Bonchev–Trinajstić information content (AvgIpc) is 2.49. The van der Waals surface area contributed by atoms with Gasteiger partial charge in [0, 0.05) is 12.6 Å². The summed E-state index contributed by atoms with van der Waals surface area (Å²) in [5, 5.41) is 3.53. The van der Waals surface area contributed by atoms with E-state index in [9.17, 15) is 0 Å². The number of rotatable bonds is 6. The first-order valence-electron chi connectivity index (χ1n) is 7.70. The van der Waals surface area contributed by atoms with E-state index in [1.54, 1.807) is 0 Å². The molecule has 0 heterocycles. The molecule has 19 heavy (non-hydrogen) atoms. The molecule has 1 saturated carbocycles. The standard InChI is InChI=1S/C17H27NO/c1-3-19-17(15-12-8-5-9-13-15)16(18-2)14-10-6-4-7-11-14/h5,8-9,12-14,16-18H,3-4,6-7,10-11H2,1-2H3. The Morgan fingerprint density at radius 1 is 1.16 bits per heavy atom. The van der Waals surface area contributed by atoms with Crippen LogP contribution in [0.3, 0.4) is 0 Å². The Balaban J connectivity index is 2.15. The maximum atomic E-state index is 6.07. The molecule has 2 unspecified atom stereocenters. The van der Waals surface area contributed by atoms with Crippen molar-refractivity contribution in [2.75, 3.05) is 13.7 Å². The molecule has 1 aliphatic carbocycles. The van der Waals surface area contributed by atoms with Crippen molar-refractivity contribution < 1.29 is 4.74 Å². The molecule has 1 aromatic carbocycles. The zero-order valence-electron chi connectivity index (χ0n) is 12.3. The summed E-state index contributed by atoms with van der Waals surface area (Å²) in [6.45, 7) is 2.86. The van der Waals surface area contributed by atoms with Crippen LogP contribution in [-0.4, -0.2) is 19.7 Å². The molecule has 0 saturated heterocycles. The lowest BCUT2D eigenvalue weighted by Crippen LogP contribution is -2.41. The number of hydrogen-bond acceptors (Lipinski definition) is 2. The van der Waals surface area contributed by atoms with Gasteiger partial charge < -0.3 is 10.1 Å². The van der Waals surface area contributed by atoms with E-state index in [0.717, 1.165) is 12.5 Å². The van der Waals surface area contributed by atoms with Crippen LogP contribution in [0.4, 0.5) is 0 Å². The van der Waals surface area contributed by atoms with Crippen LogP contribution in [0.25, 0.3) is 0 Å². The van der Waals surface area contributed by atoms with Crippen LogP contribution in [0, 0.1) is 5.92 Å². The maximum Gasteiger partial charge on any atom is 0.0980 e. The van der Waals surface area contributed by atoms with Crippen molar-refractivity contribution in [2.45, 2.75) is 51.2 Å². The minimum Gasteiger partial charge on any atom is -0.372 e. The van der Waals surface area contributed by atoms with Gasteiger partial charge in [0.2, 0.25) is 0 Å². The Hall–Kier alpha value is -0.860. The Labute approximate surface area is 117 Å². The number of benzene rings is 1. The summed E-state index contributed by atoms with van der Waals surface area (Å²) < 4.78 is 6.07. The maximum absolute atomic E-state index is 6.07. The van der Waals surface area contributed by atoms with Crippen LogP contribution in [0.15, 0.2) is 30.3 Å². The molecule has 1 N–H and O–H groups in total. The van der Waals surface area contributed by atoms with Crippen LogP contribution >= 0.6 is 0 Å². The highest BCUT2D eigenvalue weighted by atomic mass is 16.5. The predicted molar refractivity (Wildman–Crippen MR) is 80.2 cm³/mol. The van der Waals surface area contributed by atoms with Crippen LogP contribution in [0.2, 0.25) is 0 Å². The van der Waals surface area contributed by atoms with E-state index in [0.29, 0.717) is 6.04 Å². The molecule has 2 atom stereocenters. The molecule has 2 nitrogen and oxygen atoms in total. The molecular weight excluding hydrogens is 234 g/mol. The quantitative estimate of drug-likeness (QED) is 0.837. The van der Waals surface area contributed by atoms with Gasteiger partial charge in [-0.25, -0.2) is 0 Å². The van der Waals surface area contributed by atoms with Gasteiger partial charge in [-0.15, -0.1) is 0 Å². The summed E-state index contributed by atoms with van der Waals surface area (Å²) in [6.07, 6.45) is 6.99. The van der Waals surface area contributed by atoms with Crippen LogP contribution in [0.5, 0.6) is 0 Å². The second-order valence-electron chi connectivity index (χ2n) is 5.50. The zero-order chi connectivity index (χ0) is 13.5. The van der Waals surface area contributed by atoms with Crippen molar-refractivity contribution >= 4 is 0 Å². The molecule has 1 aromatic rings. The van der Waals surface area contributed by atoms with Gasteiger partial charge in [0.1, 0.15) is 0 Å². The van der Waals surface area contributed by atoms with E-state index in [1.165, 1.54) is 37.7 Å². The first-order chi connectivity index (χ1) is 9.36. The lowest BCUT2D eigenvalue weighted by atomic mass is 9.80. The molecule has 1 aliphatic rings. The molecule has 0 spiro atoms. The Bertz CT molecular complexity index is 346. The molecule has 106 valence electrons. The lowest BCUT2D eigenvalue weighted by Gasteiger charge is -2.35. The van der Waals surface area contributed by atoms with Gasteiger partial charge in [0.25, 0.3) is 0 Å². The summed E-state index contributed by atoms with van der Waals surface area (Å²) >= 11 is 0. The van der Waals surface area contributed by atoms with Crippen molar-refractivity contribution in [3.63, 3.8) is 0 Å². The van der Waals surface area contributed by atoms with E-state index in [4.69, 9.17) is 4.74 Å². The average molecular weight is 261 g/mol. The van der Waals surface area contributed by atoms with Gasteiger partial charge in [0.15, 0.2) is 0 Å². The second-order valence-corrected chi connectivity index (χ2v) is 5.50. The van der Waals surface area contributed by atoms with E-state index in [2.05, 4.69) is 49.6 Å². The molecule has 0 aliphatic heterocycles. The predicted octanol–water partition coefficient (Wildman–Crippen LogP) is 3.93. The van der Waals surface area contributed by atoms with Crippen LogP contribution in [-0.2, 0) is 4.74 Å². The summed E-state index contributed by atoms with van der Waals surface area (Å²) in [4.78, 5) is 0. The summed E-state index contributed by atoms with van der Waals surface area (Å²) in [6, 6.07) is 11.1. The zero-order valence-corrected chi connectivity index (χ0v) is 12.3. The van der Waals surface area contributed by atoms with Gasteiger partial charge in [-0.3, -0.25) is 0 Å². The van der Waals surface area contributed by atoms with E-state index < -0.39 is 0 Å². The summed E-state index contributed by atoms with van der Waals surface area (Å²) in [7, 11) is 2.08. The summed E-state index contributed by atoms with van der Waals surface area (Å²) in [5.74, 6) is 0.746. The van der Waals surface area contributed by atoms with E-state index in [1.807, 2.05) is 0 Å². The number of nitrogens with one attached hydrogen (secondary N) is 1. The number of likely N-dealkylation sites (N-methyl/N-ethyl adjacent to an activating group) is 1. The topological polar surface area (TPSA) is 21.3 Å². The van der Waals surface area contributed by atoms with Crippen molar-refractivity contribution in [3.05, 3.63) is 35.9 Å². The van der Waals surface area contributed by atoms with Crippen molar-refractivity contribution in [2.24, 2.45) is 5.92 Å². The third kappa shape index (κ3) is 3.80. The molecule has 0 radical (unpaired) electrons. The number of hydrogen-bond donors (Lipinski definition) is 1. The molecule has 0 bridgehead atoms. The Kier molecular flexibility index (Phi) is 5.87. The Morgan fingerprint density at radius 2 is 1.84 bits per heavy atom. The lowest BCUT2D eigenvalue weighted by molar-refractivity contribution is 0.0123. The molecule has 0 amide bonds. The molecule has 1 fully saturated rings. The summed E-state index contributed by atoms with van der Waals surface area (Å²) in [5.41, 5.74) is 1.30. The monoisotopic (exact) mass is 261 g/mol. The smallest absolute Gasteiger partial charge is 0.0980 e. The minimum absolute atomic E-state index is 0.180. The van der Waals surface area contributed by atoms with E-state index in [-0.39, 0.29) is 6.10 Å². The van der Waals surface area contributed by atoms with Crippen molar-refractivity contribution in [1.82, 2.24) is 5.32 Å². The van der Waals surface area contributed by atoms with Gasteiger partial charge in [-0.1, -0.05) is 49.6 Å². The van der Waals surface area contributed by atoms with E-state index >= 15 is 0 Å². The van der Waals surface area contributed by atoms with Crippen LogP contribution < -0.4 is 5.32 Å². The fourth-order valence-electron chi connectivity index (χ4n) is 3.36. The molecular formula is C17H27NO. The first-order valence-corrected chi connectivity index (χ1v) is 7.70. The number of ether oxygens (including phenoxy) is 1. The first kappa shape index (κ1) is 14.5. The molecule has 2 heteroatoms. The SMILES string of the molecule is CCOC(c1ccccc1)C(NC)C1CCCCC1. The second kappa shape index (κ2) is 7.66. The largest absolute Gasteiger partial charge is 0.372 e. The molecule has 0 aromatic heterocycles. The third-order valence-electron chi connectivity index (χ3n) is 4.29. The fourth-order valence-corrected chi connectivity index (χ4v) is 3.36. The third-order valence-corrected chi connectivity index (χ3v) is 4.29. The van der Waals surface area contributed by atoms with Gasteiger partial charge >= 0.3 is 0 Å². The Morgan fingerprint density at radius 3 is 2.42 bits per heavy atom. The normalized spacial score (nSPS) is 20.1. The highest BCUT2D eigenvalue weighted by Gasteiger charge is 2.30. The van der Waals surface area contributed by atoms with Crippen molar-refractivity contribution in [3.8, 4) is 0 Å². The molecule has 2 rings (SSSR count). The highest BCUT2D eigenvalue weighted by Crippen LogP contribution is 2.34. The van der Waals surface area contributed by atoms with Gasteiger partial charge in [-0.2, -0.15) is 0 Å². The van der Waals surface area contributed by atoms with Crippen molar-refractivity contribution in [1.29, 1.82) is 0 Å².